The smallest absolute Gasteiger partial charge is 0.326 e. The van der Waals surface area contributed by atoms with Crippen molar-refractivity contribution >= 4 is 82.9 Å². The number of rotatable bonds is 46. The number of carboxylic acids is 1. The number of nitrogens with one attached hydrogen (secondary N) is 9. The Morgan fingerprint density at radius 3 is 1.44 bits per heavy atom. The second kappa shape index (κ2) is 45.4. The molecule has 0 aromatic heterocycles. The van der Waals surface area contributed by atoms with Gasteiger partial charge in [0.2, 0.25) is 59.1 Å². The Bertz CT molecular complexity index is 3370. The summed E-state index contributed by atoms with van der Waals surface area (Å²) in [6.45, 7) is 6.91. The van der Waals surface area contributed by atoms with Gasteiger partial charge in [0, 0.05) is 39.0 Å². The number of benzene rings is 3. The molecule has 1 aliphatic heterocycles. The summed E-state index contributed by atoms with van der Waals surface area (Å²) in [6, 6.07) is 10.4. The third-order valence-corrected chi connectivity index (χ3v) is 17.3. The number of aromatic hydroxyl groups is 1. The van der Waals surface area contributed by atoms with Gasteiger partial charge in [-0.05, 0) is 131 Å². The van der Waals surface area contributed by atoms with Crippen molar-refractivity contribution in [1.29, 1.82) is 0 Å². The molecule has 572 valence electrons. The molecule has 34 heteroatoms. The van der Waals surface area contributed by atoms with Crippen LogP contribution in [-0.4, -0.2) is 198 Å². The molecule has 1 heterocycles. The van der Waals surface area contributed by atoms with Crippen LogP contribution < -0.4 is 93.7 Å². The van der Waals surface area contributed by atoms with Gasteiger partial charge in [0.25, 0.3) is 0 Å². The Balaban J connectivity index is 1.65. The van der Waals surface area contributed by atoms with Crippen LogP contribution in [0.1, 0.15) is 128 Å². The summed E-state index contributed by atoms with van der Waals surface area (Å²) in [5.41, 5.74) is 47.4. The number of carbonyl (C=O) groups excluding carboxylic acids is 10. The normalized spacial score (nSPS) is 15.4. The maximum Gasteiger partial charge on any atom is 0.326 e. The number of guanidine groups is 3. The molecule has 3 aromatic rings. The first-order valence-corrected chi connectivity index (χ1v) is 35.2. The number of nitrogens with zero attached hydrogens (tertiary/aromatic N) is 4. The van der Waals surface area contributed by atoms with Crippen LogP contribution >= 0.6 is 0 Å². The van der Waals surface area contributed by atoms with E-state index in [2.05, 4.69) is 62.8 Å². The van der Waals surface area contributed by atoms with Crippen molar-refractivity contribution in [3.63, 3.8) is 0 Å². The zero-order valence-electron chi connectivity index (χ0n) is 59.9. The zero-order valence-corrected chi connectivity index (χ0v) is 59.9. The minimum absolute atomic E-state index is 0.00232. The van der Waals surface area contributed by atoms with E-state index in [1.807, 2.05) is 0 Å². The molecule has 1 aliphatic rings. The van der Waals surface area contributed by atoms with Gasteiger partial charge in [0.1, 0.15) is 60.1 Å². The Morgan fingerprint density at radius 2 is 0.952 bits per heavy atom. The number of phenolic OH excluding ortho intramolecular Hbond substituents is 1. The first-order valence-electron chi connectivity index (χ1n) is 35.2. The van der Waals surface area contributed by atoms with Gasteiger partial charge >= 0.3 is 5.97 Å². The molecule has 0 aliphatic carbocycles. The second-order valence-corrected chi connectivity index (χ2v) is 26.2. The quantitative estimate of drug-likeness (QED) is 0.0154. The van der Waals surface area contributed by atoms with E-state index < -0.39 is 138 Å². The van der Waals surface area contributed by atoms with Crippen molar-refractivity contribution < 1.29 is 63.0 Å². The van der Waals surface area contributed by atoms with Crippen LogP contribution in [0.4, 0.5) is 0 Å². The van der Waals surface area contributed by atoms with Gasteiger partial charge < -0.3 is 109 Å². The molecule has 0 bridgehead atoms. The lowest BCUT2D eigenvalue weighted by Crippen LogP contribution is -2.61. The minimum atomic E-state index is -1.46. The third-order valence-electron chi connectivity index (χ3n) is 17.3. The van der Waals surface area contributed by atoms with E-state index in [-0.39, 0.29) is 133 Å². The van der Waals surface area contributed by atoms with E-state index in [1.165, 1.54) is 17.0 Å². The number of unbranched alkanes of at least 4 members (excludes halogenated alkanes) is 1. The fraction of sp³-hybridized carbons (Fsp3) is 0.543. The first kappa shape index (κ1) is 85.8. The van der Waals surface area contributed by atoms with Crippen LogP contribution in [0.25, 0.3) is 0 Å². The number of aliphatic imine (C=N–C) groups is 3. The Hall–Kier alpha value is -10.6. The predicted octanol–water partition coefficient (Wildman–Crippen LogP) is -2.80. The molecule has 1 unspecified atom stereocenters. The summed E-state index contributed by atoms with van der Waals surface area (Å²) in [5, 5.41) is 44.0. The topological polar surface area (TPSA) is 585 Å². The molecule has 3 aromatic carbocycles. The molecule has 0 radical (unpaired) electrons. The SMILES string of the molecule is CCC(C)[C@H](NC(=O)[C@H](CCCN=C(N)N)NC(=O)[C@H](CCCN=C(N)N)NC(=O)[C@H](CC(C)C)NC(=O)[C@H](Cc1ccccc1)NC(=O)[C@H](Cc1ccccc1)NC(=O)CNC(=O)[C@@H](N)Cc1ccc(O)cc1)C(=O)N[C@@H](CCCN=C(N)N)C(=O)N1CCC[C@H]1C(=O)N[C@@H](CCCCN)C(=O)O. The number of aliphatic carboxylic acids is 1. The highest BCUT2D eigenvalue weighted by Crippen LogP contribution is 2.22. The summed E-state index contributed by atoms with van der Waals surface area (Å²) >= 11 is 0. The summed E-state index contributed by atoms with van der Waals surface area (Å²) in [6.07, 6.45) is 1.92. The van der Waals surface area contributed by atoms with Crippen LogP contribution in [0.5, 0.6) is 5.75 Å². The average Bonchev–Trinajstić information content (AvgIpc) is 1.57. The van der Waals surface area contributed by atoms with Gasteiger partial charge in [0.15, 0.2) is 17.9 Å². The largest absolute Gasteiger partial charge is 0.508 e. The average molecular weight is 1450 g/mol. The van der Waals surface area contributed by atoms with Crippen molar-refractivity contribution in [2.45, 2.75) is 191 Å². The summed E-state index contributed by atoms with van der Waals surface area (Å²) < 4.78 is 0. The second-order valence-electron chi connectivity index (χ2n) is 26.2. The van der Waals surface area contributed by atoms with Gasteiger partial charge in [-0.3, -0.25) is 62.9 Å². The Morgan fingerprint density at radius 1 is 0.510 bits per heavy atom. The fourth-order valence-corrected chi connectivity index (χ4v) is 11.5. The number of hydrogen-bond acceptors (Lipinski definition) is 17. The fourth-order valence-electron chi connectivity index (χ4n) is 11.5. The van der Waals surface area contributed by atoms with Crippen molar-refractivity contribution in [1.82, 2.24) is 52.8 Å². The first-order chi connectivity index (χ1) is 49.5. The Labute approximate surface area is 606 Å². The molecule has 4 rings (SSSR count). The van der Waals surface area contributed by atoms with Gasteiger partial charge in [-0.25, -0.2) is 4.79 Å². The van der Waals surface area contributed by atoms with E-state index in [9.17, 15) is 63.0 Å². The number of carboxylic acid groups (broad SMARTS) is 1. The summed E-state index contributed by atoms with van der Waals surface area (Å²) in [5.74, 6) is -10.6. The maximum atomic E-state index is 14.9. The van der Waals surface area contributed by atoms with Gasteiger partial charge in [-0.1, -0.05) is 107 Å². The molecule has 1 saturated heterocycles. The monoisotopic (exact) mass is 1450 g/mol. The molecule has 0 spiro atoms. The molecular formula is C70H109N21O13. The van der Waals surface area contributed by atoms with E-state index in [4.69, 9.17) is 45.9 Å². The van der Waals surface area contributed by atoms with Gasteiger partial charge in [-0.2, -0.15) is 0 Å². The van der Waals surface area contributed by atoms with Crippen LogP contribution in [0.3, 0.4) is 0 Å². The van der Waals surface area contributed by atoms with E-state index in [0.717, 1.165) is 0 Å². The zero-order chi connectivity index (χ0) is 76.8. The number of carbonyl (C=O) groups is 11. The Kier molecular flexibility index (Phi) is 37.4. The molecule has 10 amide bonds. The van der Waals surface area contributed by atoms with Crippen LogP contribution in [0.2, 0.25) is 0 Å². The summed E-state index contributed by atoms with van der Waals surface area (Å²) in [4.78, 5) is 169. The van der Waals surface area contributed by atoms with Crippen molar-refractivity contribution in [3.05, 3.63) is 102 Å². The molecular weight excluding hydrogens is 1340 g/mol. The highest BCUT2D eigenvalue weighted by molar-refractivity contribution is 5.99. The number of nitrogens with two attached hydrogens (primary N) is 8. The van der Waals surface area contributed by atoms with Crippen LogP contribution in [0.15, 0.2) is 99.9 Å². The molecule has 11 atom stereocenters. The number of hydrogen-bond donors (Lipinski definition) is 19. The van der Waals surface area contributed by atoms with Gasteiger partial charge in [-0.15, -0.1) is 0 Å². The number of likely N-dealkylation sites (tertiary alicyclic amines) is 1. The van der Waals surface area contributed by atoms with E-state index in [0.29, 0.717) is 48.9 Å². The van der Waals surface area contributed by atoms with Crippen molar-refractivity contribution in [2.24, 2.45) is 72.7 Å². The molecule has 27 N–H and O–H groups in total. The molecule has 0 saturated carbocycles. The van der Waals surface area contributed by atoms with Crippen LogP contribution in [-0.2, 0) is 72.0 Å². The lowest BCUT2D eigenvalue weighted by Gasteiger charge is -2.32. The molecule has 104 heavy (non-hydrogen) atoms. The van der Waals surface area contributed by atoms with E-state index in [1.54, 1.807) is 100 Å². The molecule has 1 fully saturated rings. The standard InChI is InChI=1S/C70H109N21O13/c1-5-42(4)57(65(101)86-50(25-16-34-81-70(77)78)66(102)91-35-17-26-55(91)64(100)87-51(67(103)104)22-12-13-31-71)90-60(96)49(24-15-33-80-69(75)76)84-59(95)48(23-14-32-79-68(73)74)85-61(97)52(36-41(2)3)88-63(99)54(39-44-20-10-7-11-21-44)89-62(98)53(38-43-18-8-6-9-19-43)83-56(93)40-82-58(94)47(72)37-45-27-29-46(92)30-28-45/h6-11,18-21,27-30,41-42,47-55,57,92H,5,12-17,22-26,31-40,71-72H2,1-4H3,(H,82,94)(H,83,93)(H,84,95)(H,85,97)(H,86,101)(H,87,100)(H,88,99)(H,89,98)(H,90,96)(H,103,104)(H4,73,74,79)(H4,75,76,80)(H4,77,78,81)/t42?,47-,48-,49-,50-,51-,52-,53-,54-,55-,57-/m0/s1. The van der Waals surface area contributed by atoms with Crippen molar-refractivity contribution in [2.75, 3.05) is 39.3 Å². The van der Waals surface area contributed by atoms with Crippen molar-refractivity contribution in [3.8, 4) is 5.75 Å². The predicted molar refractivity (Wildman–Crippen MR) is 392 cm³/mol. The summed E-state index contributed by atoms with van der Waals surface area (Å²) in [7, 11) is 0. The number of phenols is 1. The molecule has 34 nitrogen and oxygen atoms in total. The number of amides is 10. The highest BCUT2D eigenvalue weighted by Gasteiger charge is 2.41. The van der Waals surface area contributed by atoms with Gasteiger partial charge in [0.05, 0.1) is 12.6 Å². The van der Waals surface area contributed by atoms with Crippen LogP contribution in [0, 0.1) is 11.8 Å². The minimum Gasteiger partial charge on any atom is -0.508 e. The third kappa shape index (κ3) is 31.3. The van der Waals surface area contributed by atoms with E-state index >= 15 is 0 Å². The maximum absolute atomic E-state index is 14.9. The lowest BCUT2D eigenvalue weighted by atomic mass is 9.96. The highest BCUT2D eigenvalue weighted by atomic mass is 16.4. The lowest BCUT2D eigenvalue weighted by molar-refractivity contribution is -0.145.